The Bertz CT molecular complexity index is 569. The summed E-state index contributed by atoms with van der Waals surface area (Å²) < 4.78 is 66.0. The number of carboxylic acids is 1. The van der Waals surface area contributed by atoms with Crippen LogP contribution in [0, 0.1) is 0 Å². The van der Waals surface area contributed by atoms with E-state index in [9.17, 15) is 26.7 Å². The summed E-state index contributed by atoms with van der Waals surface area (Å²) in [6.07, 6.45) is -5.52. The van der Waals surface area contributed by atoms with Crippen molar-refractivity contribution in [3.63, 3.8) is 0 Å². The molecule has 0 amide bonds. The number of rotatable bonds is 10. The van der Waals surface area contributed by atoms with E-state index in [2.05, 4.69) is 16.7 Å². The van der Waals surface area contributed by atoms with E-state index in [4.69, 9.17) is 9.63 Å². The Hall–Kier alpha value is -2.00. The van der Waals surface area contributed by atoms with Crippen LogP contribution in [-0.4, -0.2) is 33.3 Å². The van der Waals surface area contributed by atoms with Gasteiger partial charge in [-0.1, -0.05) is 24.6 Å². The normalized spacial score (nSPS) is 12.4. The highest BCUT2D eigenvalue weighted by Crippen LogP contribution is 2.39. The fraction of sp³-hybridized carbons (Fsp3) is 0.643. The number of hydrogen-bond donors (Lipinski definition) is 1. The second-order valence-corrected chi connectivity index (χ2v) is 5.31. The first-order valence-electron chi connectivity index (χ1n) is 7.20. The monoisotopic (exact) mass is 356 g/mol. The van der Waals surface area contributed by atoms with Crippen molar-refractivity contribution in [2.24, 2.45) is 0 Å². The second kappa shape index (κ2) is 8.20. The lowest BCUT2D eigenvalue weighted by Gasteiger charge is -2.19. The SMILES string of the molecule is C=C(Cc1nc(CCCCCCC(F)(F)C(F)(F)F)no1)C(=O)O. The molecule has 24 heavy (non-hydrogen) atoms. The van der Waals surface area contributed by atoms with E-state index in [1.165, 1.54) is 0 Å². The Kier molecular flexibility index (Phi) is 6.85. The Balaban J connectivity index is 2.24. The van der Waals surface area contributed by atoms with Crippen LogP contribution in [0.25, 0.3) is 0 Å². The summed E-state index contributed by atoms with van der Waals surface area (Å²) in [5.74, 6) is -5.40. The average Bonchev–Trinajstić information content (AvgIpc) is 2.88. The first-order chi connectivity index (χ1) is 11.0. The van der Waals surface area contributed by atoms with Crippen LogP contribution in [0.1, 0.15) is 43.8 Å². The molecule has 136 valence electrons. The van der Waals surface area contributed by atoms with Gasteiger partial charge in [0.15, 0.2) is 5.82 Å². The average molecular weight is 356 g/mol. The molecule has 0 saturated carbocycles. The van der Waals surface area contributed by atoms with Crippen molar-refractivity contribution in [1.82, 2.24) is 10.1 Å². The predicted octanol–water partition coefficient (Wildman–Crippen LogP) is 3.94. The highest BCUT2D eigenvalue weighted by atomic mass is 19.4. The third kappa shape index (κ3) is 6.25. The van der Waals surface area contributed by atoms with Crippen LogP contribution < -0.4 is 0 Å². The smallest absolute Gasteiger partial charge is 0.453 e. The number of aliphatic carboxylic acids is 1. The maximum absolute atomic E-state index is 12.7. The van der Waals surface area contributed by atoms with Crippen molar-refractivity contribution in [2.45, 2.75) is 57.0 Å². The minimum absolute atomic E-state index is 0.0884. The number of unbranched alkanes of at least 4 members (excludes halogenated alkanes) is 3. The number of carboxylic acid groups (broad SMARTS) is 1. The molecular formula is C14H17F5N2O3. The summed E-state index contributed by atoms with van der Waals surface area (Å²) in [6.45, 7) is 3.32. The van der Waals surface area contributed by atoms with Crippen LogP contribution in [-0.2, 0) is 17.6 Å². The summed E-state index contributed by atoms with van der Waals surface area (Å²) in [7, 11) is 0. The zero-order chi connectivity index (χ0) is 18.4. The molecule has 0 radical (unpaired) electrons. The molecular weight excluding hydrogens is 339 g/mol. The van der Waals surface area contributed by atoms with Gasteiger partial charge in [-0.25, -0.2) is 4.79 Å². The Labute approximate surface area is 134 Å². The molecule has 1 aromatic heterocycles. The number of aryl methyl sites for hydroxylation is 1. The fourth-order valence-electron chi connectivity index (χ4n) is 1.85. The van der Waals surface area contributed by atoms with Gasteiger partial charge in [-0.3, -0.25) is 0 Å². The van der Waals surface area contributed by atoms with Crippen LogP contribution in [0.4, 0.5) is 22.0 Å². The first-order valence-corrected chi connectivity index (χ1v) is 7.20. The minimum atomic E-state index is -5.51. The number of nitrogens with zero attached hydrogens (tertiary/aromatic N) is 2. The van der Waals surface area contributed by atoms with E-state index in [1.807, 2.05) is 0 Å². The molecule has 1 heterocycles. The lowest BCUT2D eigenvalue weighted by atomic mass is 10.1. The Morgan fingerprint density at radius 1 is 1.12 bits per heavy atom. The molecule has 5 nitrogen and oxygen atoms in total. The zero-order valence-electron chi connectivity index (χ0n) is 12.7. The van der Waals surface area contributed by atoms with E-state index in [0.29, 0.717) is 25.1 Å². The van der Waals surface area contributed by atoms with E-state index in [-0.39, 0.29) is 30.7 Å². The van der Waals surface area contributed by atoms with Gasteiger partial charge in [-0.2, -0.15) is 26.9 Å². The van der Waals surface area contributed by atoms with Gasteiger partial charge in [0.05, 0.1) is 6.42 Å². The molecule has 0 unspecified atom stereocenters. The number of halogens is 5. The molecule has 0 spiro atoms. The van der Waals surface area contributed by atoms with Crippen molar-refractivity contribution in [1.29, 1.82) is 0 Å². The number of carbonyl (C=O) groups is 1. The van der Waals surface area contributed by atoms with Crippen LogP contribution in [0.3, 0.4) is 0 Å². The molecule has 1 N–H and O–H groups in total. The van der Waals surface area contributed by atoms with Crippen LogP contribution in [0.5, 0.6) is 0 Å². The Morgan fingerprint density at radius 2 is 1.75 bits per heavy atom. The highest BCUT2D eigenvalue weighted by Gasteiger charge is 2.56. The summed E-state index contributed by atoms with van der Waals surface area (Å²) in [5.41, 5.74) is -0.101. The lowest BCUT2D eigenvalue weighted by Crippen LogP contribution is -2.36. The molecule has 1 aromatic rings. The van der Waals surface area contributed by atoms with E-state index >= 15 is 0 Å². The van der Waals surface area contributed by atoms with Gasteiger partial charge < -0.3 is 9.63 Å². The molecule has 0 bridgehead atoms. The van der Waals surface area contributed by atoms with Gasteiger partial charge >= 0.3 is 18.1 Å². The van der Waals surface area contributed by atoms with Crippen LogP contribution in [0.2, 0.25) is 0 Å². The summed E-state index contributed by atoms with van der Waals surface area (Å²) in [5, 5.41) is 12.3. The largest absolute Gasteiger partial charge is 0.478 e. The molecule has 0 fully saturated rings. The maximum atomic E-state index is 12.7. The molecule has 0 atom stereocenters. The number of hydrogen-bond acceptors (Lipinski definition) is 4. The van der Waals surface area contributed by atoms with E-state index < -0.39 is 24.5 Å². The van der Waals surface area contributed by atoms with Gasteiger partial charge in [0.2, 0.25) is 5.89 Å². The van der Waals surface area contributed by atoms with Crippen molar-refractivity contribution in [2.75, 3.05) is 0 Å². The molecule has 0 aliphatic heterocycles. The molecule has 0 aliphatic carbocycles. The van der Waals surface area contributed by atoms with Gasteiger partial charge in [-0.15, -0.1) is 0 Å². The second-order valence-electron chi connectivity index (χ2n) is 5.31. The third-order valence-corrected chi connectivity index (χ3v) is 3.23. The number of alkyl halides is 5. The maximum Gasteiger partial charge on any atom is 0.453 e. The van der Waals surface area contributed by atoms with E-state index in [1.54, 1.807) is 0 Å². The van der Waals surface area contributed by atoms with Crippen LogP contribution in [0.15, 0.2) is 16.7 Å². The van der Waals surface area contributed by atoms with Gasteiger partial charge in [0.25, 0.3) is 0 Å². The van der Waals surface area contributed by atoms with Gasteiger partial charge in [0, 0.05) is 18.4 Å². The summed E-state index contributed by atoms with van der Waals surface area (Å²) >= 11 is 0. The molecule has 10 heteroatoms. The fourth-order valence-corrected chi connectivity index (χ4v) is 1.85. The van der Waals surface area contributed by atoms with Crippen molar-refractivity contribution >= 4 is 5.97 Å². The predicted molar refractivity (Wildman–Crippen MR) is 72.6 cm³/mol. The van der Waals surface area contributed by atoms with E-state index in [0.717, 1.165) is 0 Å². The summed E-state index contributed by atoms with van der Waals surface area (Å²) in [6, 6.07) is 0. The topological polar surface area (TPSA) is 76.2 Å². The molecule has 0 aliphatic rings. The quantitative estimate of drug-likeness (QED) is 0.390. The lowest BCUT2D eigenvalue weighted by molar-refractivity contribution is -0.284. The standard InChI is InChI=1S/C14H17F5N2O3/c1-9(12(22)23)8-11-20-10(21-24-11)6-4-2-3-5-7-13(15,16)14(17,18)19/h1-8H2,(H,22,23). The van der Waals surface area contributed by atoms with Crippen molar-refractivity contribution in [3.8, 4) is 0 Å². The first kappa shape index (κ1) is 20.0. The van der Waals surface area contributed by atoms with Crippen molar-refractivity contribution < 1.29 is 36.4 Å². The molecule has 0 saturated heterocycles. The van der Waals surface area contributed by atoms with Crippen LogP contribution >= 0.6 is 0 Å². The Morgan fingerprint density at radius 3 is 2.33 bits per heavy atom. The molecule has 1 rings (SSSR count). The third-order valence-electron chi connectivity index (χ3n) is 3.23. The van der Waals surface area contributed by atoms with Gasteiger partial charge in [0.1, 0.15) is 0 Å². The summed E-state index contributed by atoms with van der Waals surface area (Å²) in [4.78, 5) is 14.6. The van der Waals surface area contributed by atoms with Gasteiger partial charge in [-0.05, 0) is 12.8 Å². The highest BCUT2D eigenvalue weighted by molar-refractivity contribution is 5.86. The minimum Gasteiger partial charge on any atom is -0.478 e. The zero-order valence-corrected chi connectivity index (χ0v) is 12.7. The van der Waals surface area contributed by atoms with Crippen molar-refractivity contribution in [3.05, 3.63) is 23.9 Å². The molecule has 0 aromatic carbocycles. The number of aromatic nitrogens is 2.